The third kappa shape index (κ3) is 3.39. The Labute approximate surface area is 149 Å². The van der Waals surface area contributed by atoms with Gasteiger partial charge in [-0.3, -0.25) is 9.78 Å². The molecule has 0 radical (unpaired) electrons. The lowest BCUT2D eigenvalue weighted by atomic mass is 9.94. The fourth-order valence-corrected chi connectivity index (χ4v) is 3.75. The van der Waals surface area contributed by atoms with E-state index in [-0.39, 0.29) is 5.91 Å². The van der Waals surface area contributed by atoms with E-state index in [1.54, 1.807) is 24.0 Å². The van der Waals surface area contributed by atoms with Gasteiger partial charge in [-0.25, -0.2) is 9.98 Å². The molecule has 2 aliphatic rings. The van der Waals surface area contributed by atoms with Crippen molar-refractivity contribution in [2.45, 2.75) is 37.6 Å². The normalized spacial score (nSPS) is 23.2. The number of rotatable bonds is 4. The van der Waals surface area contributed by atoms with E-state index in [1.807, 2.05) is 13.0 Å². The summed E-state index contributed by atoms with van der Waals surface area (Å²) in [5.41, 5.74) is 7.13. The molecule has 1 saturated carbocycles. The summed E-state index contributed by atoms with van der Waals surface area (Å²) in [6.07, 6.45) is 6.08. The summed E-state index contributed by atoms with van der Waals surface area (Å²) in [6, 6.07) is 3.59. The first-order chi connectivity index (χ1) is 12.0. The van der Waals surface area contributed by atoms with Gasteiger partial charge in [-0.15, -0.1) is 0 Å². The molecule has 1 amide bonds. The van der Waals surface area contributed by atoms with Gasteiger partial charge in [0.05, 0.1) is 5.69 Å². The van der Waals surface area contributed by atoms with Gasteiger partial charge < -0.3 is 15.5 Å². The van der Waals surface area contributed by atoms with E-state index in [0.29, 0.717) is 28.4 Å². The highest BCUT2D eigenvalue weighted by Crippen LogP contribution is 2.39. The van der Waals surface area contributed by atoms with Crippen LogP contribution in [0.3, 0.4) is 0 Å². The van der Waals surface area contributed by atoms with Crippen LogP contribution in [0, 0.1) is 0 Å². The van der Waals surface area contributed by atoms with Crippen LogP contribution in [-0.4, -0.2) is 26.8 Å². The minimum absolute atomic E-state index is 0.292. The second-order valence-electron chi connectivity index (χ2n) is 6.55. The molecular formula is C17H19N5O2S. The van der Waals surface area contributed by atoms with Gasteiger partial charge >= 0.3 is 0 Å². The van der Waals surface area contributed by atoms with Gasteiger partial charge in [-0.2, -0.15) is 0 Å². The number of nitrogens with one attached hydrogen (secondary N) is 1. The Morgan fingerprint density at radius 3 is 3.08 bits per heavy atom. The number of amides is 1. The number of hydrogen-bond donors (Lipinski definition) is 2. The lowest BCUT2D eigenvalue weighted by molar-refractivity contribution is 0.102. The van der Waals surface area contributed by atoms with E-state index in [9.17, 15) is 4.79 Å². The molecule has 3 N–H and O–H groups in total. The largest absolute Gasteiger partial charge is 0.448 e. The molecule has 0 aromatic carbocycles. The van der Waals surface area contributed by atoms with Crippen LogP contribution in [0.25, 0.3) is 0 Å². The summed E-state index contributed by atoms with van der Waals surface area (Å²) in [5, 5.41) is 3.42. The monoisotopic (exact) mass is 357 g/mol. The fourth-order valence-electron chi connectivity index (χ4n) is 2.78. The average molecular weight is 357 g/mol. The van der Waals surface area contributed by atoms with Crippen molar-refractivity contribution in [3.63, 3.8) is 0 Å². The number of nitrogens with zero attached hydrogens (tertiary/aromatic N) is 3. The minimum Gasteiger partial charge on any atom is -0.448 e. The van der Waals surface area contributed by atoms with Gasteiger partial charge in [-0.1, -0.05) is 11.8 Å². The highest BCUT2D eigenvalue weighted by molar-refractivity contribution is 8.13. The van der Waals surface area contributed by atoms with Crippen molar-refractivity contribution in [2.24, 2.45) is 10.7 Å². The molecule has 7 nitrogen and oxygen atoms in total. The third-order valence-electron chi connectivity index (χ3n) is 4.45. The number of pyridine rings is 1. The molecule has 2 aromatic rings. The Hall–Kier alpha value is -2.35. The standard InChI is InChI=1S/C17H19N5O2S/c1-17(5-7-25-16(18)22-17)13-8-11(4-6-19-13)20-14(23)12-9-24-15(21-12)10-2-3-10/h4,6,8-10H,2-3,5,7H2,1H3,(H2,18,22)(H,19,20,23)/t17-/m0/s1. The van der Waals surface area contributed by atoms with E-state index in [4.69, 9.17) is 10.2 Å². The van der Waals surface area contributed by atoms with Crippen molar-refractivity contribution in [3.05, 3.63) is 41.9 Å². The Bertz CT molecular complexity index is 845. The van der Waals surface area contributed by atoms with Crippen molar-refractivity contribution >= 4 is 28.5 Å². The first kappa shape index (κ1) is 16.1. The predicted octanol–water partition coefficient (Wildman–Crippen LogP) is 2.87. The zero-order valence-electron chi connectivity index (χ0n) is 13.9. The number of anilines is 1. The number of aliphatic imine (C=N–C) groups is 1. The van der Waals surface area contributed by atoms with Crippen molar-refractivity contribution < 1.29 is 9.21 Å². The number of nitrogens with two attached hydrogens (primary N) is 1. The average Bonchev–Trinajstić information content (AvgIpc) is 3.32. The molecule has 25 heavy (non-hydrogen) atoms. The number of aromatic nitrogens is 2. The van der Waals surface area contributed by atoms with Crippen LogP contribution in [0.1, 0.15) is 54.2 Å². The number of amidine groups is 1. The van der Waals surface area contributed by atoms with Crippen molar-refractivity contribution in [1.29, 1.82) is 0 Å². The van der Waals surface area contributed by atoms with E-state index in [2.05, 4.69) is 20.3 Å². The summed E-state index contributed by atoms with van der Waals surface area (Å²) in [7, 11) is 0. The summed E-state index contributed by atoms with van der Waals surface area (Å²) in [4.78, 5) is 25.6. The maximum Gasteiger partial charge on any atom is 0.277 e. The number of thioether (sulfide) groups is 1. The Morgan fingerprint density at radius 1 is 1.48 bits per heavy atom. The fraction of sp³-hybridized carbons (Fsp3) is 0.412. The molecule has 8 heteroatoms. The van der Waals surface area contributed by atoms with E-state index in [0.717, 1.165) is 30.7 Å². The van der Waals surface area contributed by atoms with Crippen molar-refractivity contribution in [1.82, 2.24) is 9.97 Å². The summed E-state index contributed by atoms with van der Waals surface area (Å²) in [6.45, 7) is 2.01. The molecule has 1 aliphatic carbocycles. The number of hydrogen-bond acceptors (Lipinski definition) is 7. The van der Waals surface area contributed by atoms with Crippen LogP contribution < -0.4 is 11.1 Å². The SMILES string of the molecule is C[C@@]1(c2cc(NC(=O)c3coc(C4CC4)n3)ccn2)CCSC(N)=N1. The Morgan fingerprint density at radius 2 is 2.32 bits per heavy atom. The molecule has 1 fully saturated rings. The van der Waals surface area contributed by atoms with Crippen LogP contribution in [0.5, 0.6) is 0 Å². The third-order valence-corrected chi connectivity index (χ3v) is 5.24. The van der Waals surface area contributed by atoms with Crippen LogP contribution in [-0.2, 0) is 5.54 Å². The zero-order valence-corrected chi connectivity index (χ0v) is 14.7. The molecule has 130 valence electrons. The second kappa shape index (κ2) is 6.18. The van der Waals surface area contributed by atoms with Crippen molar-refractivity contribution in [2.75, 3.05) is 11.1 Å². The topological polar surface area (TPSA) is 106 Å². The number of carbonyl (C=O) groups excluding carboxylic acids is 1. The lowest BCUT2D eigenvalue weighted by Crippen LogP contribution is -2.29. The molecule has 3 heterocycles. The predicted molar refractivity (Wildman–Crippen MR) is 96.7 cm³/mol. The van der Waals surface area contributed by atoms with Crippen LogP contribution in [0.15, 0.2) is 34.0 Å². The molecular weight excluding hydrogens is 338 g/mol. The Balaban J connectivity index is 1.52. The second-order valence-corrected chi connectivity index (χ2v) is 7.67. The van der Waals surface area contributed by atoms with Gasteiger partial charge in [0.1, 0.15) is 11.8 Å². The smallest absolute Gasteiger partial charge is 0.277 e. The molecule has 1 aliphatic heterocycles. The lowest BCUT2D eigenvalue weighted by Gasteiger charge is -2.28. The molecule has 2 aromatic heterocycles. The Kier molecular flexibility index (Phi) is 3.99. The van der Waals surface area contributed by atoms with Gasteiger partial charge in [0.15, 0.2) is 16.8 Å². The van der Waals surface area contributed by atoms with Gasteiger partial charge in [-0.05, 0) is 38.3 Å². The zero-order chi connectivity index (χ0) is 17.4. The molecule has 1 atom stereocenters. The van der Waals surface area contributed by atoms with Gasteiger partial charge in [0, 0.05) is 23.6 Å². The minimum atomic E-state index is -0.469. The van der Waals surface area contributed by atoms with Gasteiger partial charge in [0.2, 0.25) is 0 Å². The van der Waals surface area contributed by atoms with Crippen LogP contribution >= 0.6 is 11.8 Å². The van der Waals surface area contributed by atoms with Gasteiger partial charge in [0.25, 0.3) is 5.91 Å². The first-order valence-electron chi connectivity index (χ1n) is 8.25. The van der Waals surface area contributed by atoms with E-state index < -0.39 is 5.54 Å². The summed E-state index contributed by atoms with van der Waals surface area (Å²) in [5.74, 6) is 1.63. The number of oxazole rings is 1. The highest BCUT2D eigenvalue weighted by Gasteiger charge is 2.31. The molecule has 0 unspecified atom stereocenters. The maximum atomic E-state index is 12.4. The van der Waals surface area contributed by atoms with Crippen LogP contribution in [0.2, 0.25) is 0 Å². The quantitative estimate of drug-likeness (QED) is 0.871. The molecule has 0 spiro atoms. The van der Waals surface area contributed by atoms with E-state index in [1.165, 1.54) is 6.26 Å². The maximum absolute atomic E-state index is 12.4. The van der Waals surface area contributed by atoms with Crippen LogP contribution in [0.4, 0.5) is 5.69 Å². The molecule has 0 bridgehead atoms. The highest BCUT2D eigenvalue weighted by atomic mass is 32.2. The first-order valence-corrected chi connectivity index (χ1v) is 9.23. The number of carbonyl (C=O) groups is 1. The van der Waals surface area contributed by atoms with E-state index >= 15 is 0 Å². The summed E-state index contributed by atoms with van der Waals surface area (Å²) < 4.78 is 5.38. The molecule has 0 saturated heterocycles. The van der Waals surface area contributed by atoms with Crippen molar-refractivity contribution in [3.8, 4) is 0 Å². The summed E-state index contributed by atoms with van der Waals surface area (Å²) >= 11 is 1.55. The molecule has 4 rings (SSSR count).